The first-order valence-corrected chi connectivity index (χ1v) is 15.0. The quantitative estimate of drug-likeness (QED) is 0.125. The molecule has 4 aromatic rings. The minimum Gasteiger partial charge on any atom is -0.508 e. The molecule has 3 N–H and O–H groups in total. The van der Waals surface area contributed by atoms with Gasteiger partial charge in [0.1, 0.15) is 11.5 Å². The fourth-order valence-electron chi connectivity index (χ4n) is 5.50. The Hall–Kier alpha value is -3.56. The minimum atomic E-state index is 0.283. The summed E-state index contributed by atoms with van der Waals surface area (Å²) < 4.78 is 0. The van der Waals surface area contributed by atoms with E-state index in [1.54, 1.807) is 24.3 Å². The molecule has 0 spiro atoms. The lowest BCUT2D eigenvalue weighted by Crippen LogP contribution is -2.04. The van der Waals surface area contributed by atoms with Crippen LogP contribution in [0.4, 0.5) is 0 Å². The number of unbranched alkanes of at least 4 members (excludes halogenated alkanes) is 8. The SMILES string of the molecule is OCCCCCCCCCCCC(Cc1ccc(O)cc1)c1ccc(-c2ccc(-c3ccc(O)cc3)cc2)cc1. The van der Waals surface area contributed by atoms with E-state index in [2.05, 4.69) is 48.5 Å². The van der Waals surface area contributed by atoms with Gasteiger partial charge in [-0.2, -0.15) is 0 Å². The Morgan fingerprint density at radius 1 is 0.425 bits per heavy atom. The van der Waals surface area contributed by atoms with Crippen LogP contribution in [0.25, 0.3) is 22.3 Å². The van der Waals surface area contributed by atoms with Crippen molar-refractivity contribution in [3.8, 4) is 33.8 Å². The van der Waals surface area contributed by atoms with Gasteiger partial charge in [-0.1, -0.05) is 124 Å². The summed E-state index contributed by atoms with van der Waals surface area (Å²) in [5.74, 6) is 1.05. The van der Waals surface area contributed by atoms with Gasteiger partial charge in [-0.3, -0.25) is 0 Å². The summed E-state index contributed by atoms with van der Waals surface area (Å²) >= 11 is 0. The molecule has 3 heteroatoms. The summed E-state index contributed by atoms with van der Waals surface area (Å²) in [7, 11) is 0. The van der Waals surface area contributed by atoms with E-state index in [0.717, 1.165) is 36.8 Å². The van der Waals surface area contributed by atoms with Crippen LogP contribution in [0.15, 0.2) is 97.1 Å². The molecule has 1 atom stereocenters. The van der Waals surface area contributed by atoms with Crippen LogP contribution in [-0.2, 0) is 6.42 Å². The second kappa shape index (κ2) is 15.9. The first-order chi connectivity index (χ1) is 19.6. The average molecular weight is 537 g/mol. The van der Waals surface area contributed by atoms with Gasteiger partial charge >= 0.3 is 0 Å². The molecule has 0 aliphatic rings. The first kappa shape index (κ1) is 29.4. The number of phenols is 2. The van der Waals surface area contributed by atoms with Crippen LogP contribution in [-0.4, -0.2) is 21.9 Å². The fraction of sp³-hybridized carbons (Fsp3) is 0.351. The fourth-order valence-corrected chi connectivity index (χ4v) is 5.50. The highest BCUT2D eigenvalue weighted by atomic mass is 16.3. The van der Waals surface area contributed by atoms with Crippen molar-refractivity contribution in [3.05, 3.63) is 108 Å². The number of aliphatic hydroxyl groups excluding tert-OH is 1. The molecular formula is C37H44O3. The molecule has 3 nitrogen and oxygen atoms in total. The standard InChI is InChI=1S/C37H44O3/c38-27-9-7-5-3-1-2-4-6-8-10-35(28-29-11-23-36(39)24-12-29)34-19-17-31(18-20-34)30-13-15-32(16-14-30)33-21-25-37(40)26-22-33/h11-26,35,38-40H,1-10,27-28H2. The highest BCUT2D eigenvalue weighted by molar-refractivity contribution is 5.70. The number of aliphatic hydroxyl groups is 1. The van der Waals surface area contributed by atoms with Crippen molar-refractivity contribution in [3.63, 3.8) is 0 Å². The largest absolute Gasteiger partial charge is 0.508 e. The van der Waals surface area contributed by atoms with Crippen LogP contribution in [0.2, 0.25) is 0 Å². The van der Waals surface area contributed by atoms with Crippen molar-refractivity contribution in [1.82, 2.24) is 0 Å². The van der Waals surface area contributed by atoms with Crippen LogP contribution in [0.5, 0.6) is 11.5 Å². The number of hydrogen-bond donors (Lipinski definition) is 3. The van der Waals surface area contributed by atoms with Gasteiger partial charge in [0.05, 0.1) is 0 Å². The van der Waals surface area contributed by atoms with Crippen molar-refractivity contribution in [2.45, 2.75) is 76.5 Å². The summed E-state index contributed by atoms with van der Waals surface area (Å²) in [4.78, 5) is 0. The van der Waals surface area contributed by atoms with E-state index in [0.29, 0.717) is 18.3 Å². The molecular weight excluding hydrogens is 492 g/mol. The van der Waals surface area contributed by atoms with Gasteiger partial charge < -0.3 is 15.3 Å². The van der Waals surface area contributed by atoms with Gasteiger partial charge in [0.15, 0.2) is 0 Å². The third-order valence-electron chi connectivity index (χ3n) is 7.93. The van der Waals surface area contributed by atoms with E-state index in [-0.39, 0.29) is 5.75 Å². The number of aromatic hydroxyl groups is 2. The maximum atomic E-state index is 9.72. The lowest BCUT2D eigenvalue weighted by Gasteiger charge is -2.18. The zero-order chi connectivity index (χ0) is 28.0. The zero-order valence-corrected chi connectivity index (χ0v) is 23.6. The van der Waals surface area contributed by atoms with Gasteiger partial charge in [0.2, 0.25) is 0 Å². The normalized spacial score (nSPS) is 11.9. The molecule has 0 radical (unpaired) electrons. The molecule has 40 heavy (non-hydrogen) atoms. The molecule has 0 amide bonds. The Labute approximate surface area is 240 Å². The maximum Gasteiger partial charge on any atom is 0.115 e. The van der Waals surface area contributed by atoms with Gasteiger partial charge in [-0.05, 0) is 82.8 Å². The van der Waals surface area contributed by atoms with Gasteiger partial charge in [-0.25, -0.2) is 0 Å². The second-order valence-electron chi connectivity index (χ2n) is 11.0. The van der Waals surface area contributed by atoms with Crippen LogP contribution in [0.1, 0.15) is 81.3 Å². The summed E-state index contributed by atoms with van der Waals surface area (Å²) in [6.07, 6.45) is 13.2. The predicted molar refractivity (Wildman–Crippen MR) is 167 cm³/mol. The van der Waals surface area contributed by atoms with Crippen LogP contribution >= 0.6 is 0 Å². The van der Waals surface area contributed by atoms with E-state index in [4.69, 9.17) is 5.11 Å². The van der Waals surface area contributed by atoms with E-state index < -0.39 is 0 Å². The highest BCUT2D eigenvalue weighted by Gasteiger charge is 2.13. The lowest BCUT2D eigenvalue weighted by atomic mass is 9.86. The minimum absolute atomic E-state index is 0.283. The van der Waals surface area contributed by atoms with E-state index in [1.807, 2.05) is 24.3 Å². The van der Waals surface area contributed by atoms with Gasteiger partial charge in [0, 0.05) is 6.61 Å². The third-order valence-corrected chi connectivity index (χ3v) is 7.93. The Balaban J connectivity index is 1.35. The molecule has 0 fully saturated rings. The van der Waals surface area contributed by atoms with E-state index in [1.165, 1.54) is 67.2 Å². The molecule has 0 saturated heterocycles. The molecule has 0 saturated carbocycles. The van der Waals surface area contributed by atoms with Crippen LogP contribution in [0.3, 0.4) is 0 Å². The molecule has 0 aliphatic carbocycles. The van der Waals surface area contributed by atoms with Crippen molar-refractivity contribution in [2.24, 2.45) is 0 Å². The zero-order valence-electron chi connectivity index (χ0n) is 23.6. The molecule has 0 aromatic heterocycles. The number of rotatable bonds is 16. The summed E-state index contributed by atoms with van der Waals surface area (Å²) in [6.45, 7) is 0.323. The Kier molecular flexibility index (Phi) is 11.7. The molecule has 0 aliphatic heterocycles. The molecule has 0 bridgehead atoms. The summed E-state index contributed by atoms with van der Waals surface area (Å²) in [5.41, 5.74) is 7.27. The summed E-state index contributed by atoms with van der Waals surface area (Å²) in [5, 5.41) is 28.2. The molecule has 1 unspecified atom stereocenters. The lowest BCUT2D eigenvalue weighted by molar-refractivity contribution is 0.282. The number of benzene rings is 4. The third kappa shape index (κ3) is 9.27. The number of hydrogen-bond acceptors (Lipinski definition) is 3. The first-order valence-electron chi connectivity index (χ1n) is 15.0. The summed E-state index contributed by atoms with van der Waals surface area (Å²) in [6, 6.07) is 32.7. The van der Waals surface area contributed by atoms with Crippen molar-refractivity contribution < 1.29 is 15.3 Å². The van der Waals surface area contributed by atoms with Gasteiger partial charge in [0.25, 0.3) is 0 Å². The number of phenolic OH excluding ortho intramolecular Hbond substituents is 2. The van der Waals surface area contributed by atoms with E-state index >= 15 is 0 Å². The maximum absolute atomic E-state index is 9.72. The highest BCUT2D eigenvalue weighted by Crippen LogP contribution is 2.31. The average Bonchev–Trinajstić information content (AvgIpc) is 2.99. The Morgan fingerprint density at radius 3 is 1.27 bits per heavy atom. The topological polar surface area (TPSA) is 60.7 Å². The van der Waals surface area contributed by atoms with E-state index in [9.17, 15) is 10.2 Å². The molecule has 4 rings (SSSR count). The van der Waals surface area contributed by atoms with Crippen molar-refractivity contribution in [2.75, 3.05) is 6.61 Å². The van der Waals surface area contributed by atoms with Crippen LogP contribution < -0.4 is 0 Å². The van der Waals surface area contributed by atoms with Crippen molar-refractivity contribution >= 4 is 0 Å². The predicted octanol–water partition coefficient (Wildman–Crippen LogP) is 9.65. The molecule has 4 aromatic carbocycles. The van der Waals surface area contributed by atoms with Crippen molar-refractivity contribution in [1.29, 1.82) is 0 Å². The monoisotopic (exact) mass is 536 g/mol. The van der Waals surface area contributed by atoms with Crippen LogP contribution in [0, 0.1) is 0 Å². The smallest absolute Gasteiger partial charge is 0.115 e. The Bertz CT molecular complexity index is 1240. The molecule has 0 heterocycles. The Morgan fingerprint density at radius 2 is 0.800 bits per heavy atom. The second-order valence-corrected chi connectivity index (χ2v) is 11.0. The molecule has 210 valence electrons. The van der Waals surface area contributed by atoms with Gasteiger partial charge in [-0.15, -0.1) is 0 Å².